The Labute approximate surface area is 140 Å². The van der Waals surface area contributed by atoms with Crippen LogP contribution in [0.2, 0.25) is 0 Å². The molecule has 0 fully saturated rings. The summed E-state index contributed by atoms with van der Waals surface area (Å²) in [5, 5.41) is 14.4. The van der Waals surface area contributed by atoms with Crippen molar-refractivity contribution < 1.29 is 23.1 Å². The normalized spacial score (nSPS) is 12.5. The van der Waals surface area contributed by atoms with E-state index in [0.29, 0.717) is 0 Å². The molecule has 0 spiro atoms. The Morgan fingerprint density at radius 1 is 1.04 bits per heavy atom. The number of Topliss-reactive ketones (excluding diaryl/α,β-unsaturated/α-hetero) is 1. The number of carboxylic acid groups (broad SMARTS) is 1. The van der Waals surface area contributed by atoms with Gasteiger partial charge < -0.3 is 5.11 Å². The van der Waals surface area contributed by atoms with Crippen molar-refractivity contribution in [3.8, 4) is 0 Å². The third kappa shape index (κ3) is 4.74. The molecule has 0 saturated heterocycles. The molecule has 0 aromatic heterocycles. The van der Waals surface area contributed by atoms with Gasteiger partial charge in [0.25, 0.3) is 0 Å². The van der Waals surface area contributed by atoms with E-state index in [1.54, 1.807) is 24.3 Å². The molecule has 2 rings (SSSR count). The SMILES string of the molecule is NS(=O)(=O)c1cccc(C(=O)CC(Cc2ccccc2)C(=O)O)c1. The van der Waals surface area contributed by atoms with Crippen molar-refractivity contribution in [1.82, 2.24) is 0 Å². The zero-order valence-electron chi connectivity index (χ0n) is 12.8. The second-order valence-electron chi connectivity index (χ2n) is 5.43. The highest BCUT2D eigenvalue weighted by Crippen LogP contribution is 2.18. The standard InChI is InChI=1S/C17H17NO5S/c18-24(22,23)15-8-4-7-13(10-15)16(19)11-14(17(20)21)9-12-5-2-1-3-6-12/h1-8,10,14H,9,11H2,(H,20,21)(H2,18,22,23). The van der Waals surface area contributed by atoms with Crippen LogP contribution in [0, 0.1) is 5.92 Å². The monoisotopic (exact) mass is 347 g/mol. The molecule has 1 unspecified atom stereocenters. The molecule has 24 heavy (non-hydrogen) atoms. The summed E-state index contributed by atoms with van der Waals surface area (Å²) in [5.41, 5.74) is 0.942. The maximum Gasteiger partial charge on any atom is 0.307 e. The van der Waals surface area contributed by atoms with Gasteiger partial charge in [0.05, 0.1) is 10.8 Å². The number of hydrogen-bond acceptors (Lipinski definition) is 4. The minimum atomic E-state index is -3.92. The van der Waals surface area contributed by atoms with Crippen molar-refractivity contribution in [2.45, 2.75) is 17.7 Å². The van der Waals surface area contributed by atoms with Crippen molar-refractivity contribution in [1.29, 1.82) is 0 Å². The molecule has 0 saturated carbocycles. The van der Waals surface area contributed by atoms with Gasteiger partial charge in [-0.2, -0.15) is 0 Å². The molecule has 0 bridgehead atoms. The van der Waals surface area contributed by atoms with Gasteiger partial charge in [0.1, 0.15) is 0 Å². The minimum absolute atomic E-state index is 0.126. The summed E-state index contributed by atoms with van der Waals surface area (Å²) in [4.78, 5) is 23.6. The minimum Gasteiger partial charge on any atom is -0.481 e. The van der Waals surface area contributed by atoms with Gasteiger partial charge in [-0.15, -0.1) is 0 Å². The topological polar surface area (TPSA) is 115 Å². The fraction of sp³-hybridized carbons (Fsp3) is 0.176. The highest BCUT2D eigenvalue weighted by atomic mass is 32.2. The van der Waals surface area contributed by atoms with E-state index in [0.717, 1.165) is 5.56 Å². The second-order valence-corrected chi connectivity index (χ2v) is 6.99. The lowest BCUT2D eigenvalue weighted by Gasteiger charge is -2.12. The van der Waals surface area contributed by atoms with Crippen LogP contribution in [0.5, 0.6) is 0 Å². The second kappa shape index (κ2) is 7.37. The first-order chi connectivity index (χ1) is 11.3. The van der Waals surface area contributed by atoms with E-state index in [1.165, 1.54) is 24.3 Å². The van der Waals surface area contributed by atoms with E-state index >= 15 is 0 Å². The molecule has 0 aliphatic carbocycles. The largest absolute Gasteiger partial charge is 0.481 e. The van der Waals surface area contributed by atoms with Gasteiger partial charge in [-0.05, 0) is 24.1 Å². The molecular formula is C17H17NO5S. The Balaban J connectivity index is 2.18. The van der Waals surface area contributed by atoms with E-state index < -0.39 is 27.7 Å². The van der Waals surface area contributed by atoms with Crippen molar-refractivity contribution in [2.75, 3.05) is 0 Å². The van der Waals surface area contributed by atoms with Crippen molar-refractivity contribution in [3.63, 3.8) is 0 Å². The number of carbonyl (C=O) groups is 2. The number of carboxylic acids is 1. The molecule has 0 heterocycles. The van der Waals surface area contributed by atoms with Gasteiger partial charge in [-0.3, -0.25) is 9.59 Å². The number of benzene rings is 2. The quantitative estimate of drug-likeness (QED) is 0.742. The number of aliphatic carboxylic acids is 1. The first-order valence-corrected chi connectivity index (χ1v) is 8.75. The zero-order chi connectivity index (χ0) is 17.7. The van der Waals surface area contributed by atoms with Crippen LogP contribution in [0.3, 0.4) is 0 Å². The average Bonchev–Trinajstić information content (AvgIpc) is 2.54. The average molecular weight is 347 g/mol. The molecule has 126 valence electrons. The molecule has 0 aliphatic heterocycles. The van der Waals surface area contributed by atoms with Gasteiger partial charge in [0.15, 0.2) is 5.78 Å². The number of sulfonamides is 1. The summed E-state index contributed by atoms with van der Waals surface area (Å²) in [5.74, 6) is -2.41. The Hall–Kier alpha value is -2.51. The van der Waals surface area contributed by atoms with Crippen LogP contribution < -0.4 is 5.14 Å². The molecule has 3 N–H and O–H groups in total. The van der Waals surface area contributed by atoms with Gasteiger partial charge in [0.2, 0.25) is 10.0 Å². The molecule has 2 aromatic rings. The fourth-order valence-corrected chi connectivity index (χ4v) is 2.89. The molecule has 2 aromatic carbocycles. The van der Waals surface area contributed by atoms with E-state index in [2.05, 4.69) is 0 Å². The molecule has 0 radical (unpaired) electrons. The van der Waals surface area contributed by atoms with Crippen LogP contribution in [-0.4, -0.2) is 25.3 Å². The zero-order valence-corrected chi connectivity index (χ0v) is 13.6. The van der Waals surface area contributed by atoms with Crippen LogP contribution in [0.15, 0.2) is 59.5 Å². The Morgan fingerprint density at radius 3 is 2.29 bits per heavy atom. The van der Waals surface area contributed by atoms with Crippen LogP contribution in [0.1, 0.15) is 22.3 Å². The fourth-order valence-electron chi connectivity index (χ4n) is 2.33. The van der Waals surface area contributed by atoms with E-state index in [9.17, 15) is 23.1 Å². The molecule has 0 amide bonds. The lowest BCUT2D eigenvalue weighted by Crippen LogP contribution is -2.21. The maximum atomic E-state index is 12.3. The highest BCUT2D eigenvalue weighted by Gasteiger charge is 2.23. The smallest absolute Gasteiger partial charge is 0.307 e. The summed E-state index contributed by atoms with van der Waals surface area (Å²) in [6, 6.07) is 14.3. The summed E-state index contributed by atoms with van der Waals surface area (Å²) in [6.07, 6.45) is -0.00487. The van der Waals surface area contributed by atoms with Gasteiger partial charge in [-0.25, -0.2) is 13.6 Å². The van der Waals surface area contributed by atoms with Crippen LogP contribution in [0.4, 0.5) is 0 Å². The number of hydrogen-bond donors (Lipinski definition) is 2. The van der Waals surface area contributed by atoms with Crippen LogP contribution in [-0.2, 0) is 21.2 Å². The van der Waals surface area contributed by atoms with Gasteiger partial charge in [-0.1, -0.05) is 42.5 Å². The molecular weight excluding hydrogens is 330 g/mol. The van der Waals surface area contributed by atoms with Crippen LogP contribution in [0.25, 0.3) is 0 Å². The summed E-state index contributed by atoms with van der Waals surface area (Å²) in [6.45, 7) is 0. The van der Waals surface area contributed by atoms with Crippen molar-refractivity contribution >= 4 is 21.8 Å². The van der Waals surface area contributed by atoms with Gasteiger partial charge in [0, 0.05) is 12.0 Å². The number of rotatable bonds is 7. The predicted molar refractivity (Wildman–Crippen MR) is 88.0 cm³/mol. The Morgan fingerprint density at radius 2 is 1.71 bits per heavy atom. The van der Waals surface area contributed by atoms with E-state index in [1.807, 2.05) is 6.07 Å². The third-order valence-electron chi connectivity index (χ3n) is 3.59. The first kappa shape index (κ1) is 17.8. The van der Waals surface area contributed by atoms with E-state index in [4.69, 9.17) is 5.14 Å². The summed E-state index contributed by atoms with van der Waals surface area (Å²) >= 11 is 0. The maximum absolute atomic E-state index is 12.3. The Bertz CT molecular complexity index is 846. The van der Waals surface area contributed by atoms with E-state index in [-0.39, 0.29) is 23.3 Å². The number of ketones is 1. The predicted octanol–water partition coefficient (Wildman–Crippen LogP) is 1.85. The molecule has 6 nitrogen and oxygen atoms in total. The molecule has 1 atom stereocenters. The third-order valence-corrected chi connectivity index (χ3v) is 4.50. The Kier molecular flexibility index (Phi) is 5.48. The van der Waals surface area contributed by atoms with Crippen molar-refractivity contribution in [2.24, 2.45) is 11.1 Å². The first-order valence-electron chi connectivity index (χ1n) is 7.20. The lowest BCUT2D eigenvalue weighted by molar-refractivity contribution is -0.141. The number of primary sulfonamides is 1. The van der Waals surface area contributed by atoms with Gasteiger partial charge >= 0.3 is 5.97 Å². The van der Waals surface area contributed by atoms with Crippen molar-refractivity contribution in [3.05, 3.63) is 65.7 Å². The molecule has 0 aliphatic rings. The summed E-state index contributed by atoms with van der Waals surface area (Å²) < 4.78 is 22.7. The summed E-state index contributed by atoms with van der Waals surface area (Å²) in [7, 11) is -3.92. The number of nitrogens with two attached hydrogens (primary N) is 1. The van der Waals surface area contributed by atoms with Crippen LogP contribution >= 0.6 is 0 Å². The lowest BCUT2D eigenvalue weighted by atomic mass is 9.92. The molecule has 7 heteroatoms. The number of carbonyl (C=O) groups excluding carboxylic acids is 1. The highest BCUT2D eigenvalue weighted by molar-refractivity contribution is 7.89.